The first-order valence-corrected chi connectivity index (χ1v) is 10.5. The van der Waals surface area contributed by atoms with Gasteiger partial charge in [-0.2, -0.15) is 0 Å². The molecule has 1 amide bonds. The minimum atomic E-state index is -0.203. The topological polar surface area (TPSA) is 75.4 Å². The van der Waals surface area contributed by atoms with Gasteiger partial charge >= 0.3 is 0 Å². The van der Waals surface area contributed by atoms with Crippen molar-refractivity contribution in [1.29, 1.82) is 0 Å². The van der Waals surface area contributed by atoms with Gasteiger partial charge in [-0.1, -0.05) is 43.7 Å². The summed E-state index contributed by atoms with van der Waals surface area (Å²) in [5.41, 5.74) is 2.81. The average molecular weight is 415 g/mol. The van der Waals surface area contributed by atoms with Gasteiger partial charge in [0.25, 0.3) is 0 Å². The molecule has 0 saturated heterocycles. The first kappa shape index (κ1) is 20.5. The van der Waals surface area contributed by atoms with E-state index in [1.165, 1.54) is 0 Å². The van der Waals surface area contributed by atoms with Crippen LogP contribution >= 0.6 is 0 Å². The van der Waals surface area contributed by atoms with Gasteiger partial charge in [-0.3, -0.25) is 14.2 Å². The summed E-state index contributed by atoms with van der Waals surface area (Å²) in [6.07, 6.45) is 7.22. The van der Waals surface area contributed by atoms with E-state index in [0.29, 0.717) is 6.54 Å². The average Bonchev–Trinajstić information content (AvgIpc) is 3.24. The second kappa shape index (κ2) is 9.84. The van der Waals surface area contributed by atoms with Gasteiger partial charge in [-0.25, -0.2) is 0 Å². The van der Waals surface area contributed by atoms with Crippen molar-refractivity contribution in [3.05, 3.63) is 90.6 Å². The zero-order chi connectivity index (χ0) is 21.5. The molecule has 7 nitrogen and oxygen atoms in total. The number of aromatic nitrogens is 4. The molecular weight excluding hydrogens is 388 g/mol. The lowest BCUT2D eigenvalue weighted by molar-refractivity contribution is -0.120. The highest BCUT2D eigenvalue weighted by Crippen LogP contribution is 2.19. The van der Waals surface area contributed by atoms with Gasteiger partial charge in [-0.05, 0) is 42.3 Å². The van der Waals surface area contributed by atoms with Crippen molar-refractivity contribution >= 4 is 17.2 Å². The summed E-state index contributed by atoms with van der Waals surface area (Å²) >= 11 is 0. The van der Waals surface area contributed by atoms with E-state index in [4.69, 9.17) is 0 Å². The Labute approximate surface area is 181 Å². The standard InChI is InChI=1S/C24H26N6O/c1-2-9-21(24-28-27-22-13-6-7-15-30(22)24)26-23(31)18-29(20-11-4-3-5-12-20)17-19-10-8-14-25-16-19/h3-8,10-16,21H,2,9,17-18H2,1H3,(H,26,31). The maximum absolute atomic E-state index is 13.1. The molecule has 0 aliphatic heterocycles. The van der Waals surface area contributed by atoms with Crippen LogP contribution in [0.4, 0.5) is 5.69 Å². The van der Waals surface area contributed by atoms with Crippen LogP contribution in [0.5, 0.6) is 0 Å². The molecule has 3 aromatic heterocycles. The number of fused-ring (bicyclic) bond motifs is 1. The number of para-hydroxylation sites is 1. The van der Waals surface area contributed by atoms with Crippen molar-refractivity contribution in [3.63, 3.8) is 0 Å². The van der Waals surface area contributed by atoms with Crippen LogP contribution < -0.4 is 10.2 Å². The zero-order valence-electron chi connectivity index (χ0n) is 17.6. The van der Waals surface area contributed by atoms with Crippen LogP contribution in [-0.4, -0.2) is 32.0 Å². The molecule has 0 fully saturated rings. The monoisotopic (exact) mass is 414 g/mol. The van der Waals surface area contributed by atoms with E-state index >= 15 is 0 Å². The van der Waals surface area contributed by atoms with E-state index < -0.39 is 0 Å². The number of anilines is 1. The van der Waals surface area contributed by atoms with Gasteiger partial charge in [0.1, 0.15) is 0 Å². The Kier molecular flexibility index (Phi) is 6.52. The lowest BCUT2D eigenvalue weighted by Gasteiger charge is -2.25. The van der Waals surface area contributed by atoms with Crippen LogP contribution in [-0.2, 0) is 11.3 Å². The fourth-order valence-corrected chi connectivity index (χ4v) is 3.65. The molecule has 4 rings (SSSR count). The van der Waals surface area contributed by atoms with Crippen LogP contribution in [0.15, 0.2) is 79.3 Å². The Bertz CT molecular complexity index is 1110. The van der Waals surface area contributed by atoms with Crippen molar-refractivity contribution in [2.24, 2.45) is 0 Å². The van der Waals surface area contributed by atoms with E-state index in [-0.39, 0.29) is 18.5 Å². The summed E-state index contributed by atoms with van der Waals surface area (Å²) in [4.78, 5) is 19.4. The molecule has 1 N–H and O–H groups in total. The van der Waals surface area contributed by atoms with Crippen LogP contribution in [0, 0.1) is 0 Å². The second-order valence-corrected chi connectivity index (χ2v) is 7.45. The SMILES string of the molecule is CCCC(NC(=O)CN(Cc1cccnc1)c1ccccc1)c1nnc2ccccn12. The quantitative estimate of drug-likeness (QED) is 0.451. The highest BCUT2D eigenvalue weighted by Gasteiger charge is 2.21. The molecule has 0 spiro atoms. The van der Waals surface area contributed by atoms with Crippen molar-refractivity contribution < 1.29 is 4.79 Å². The fraction of sp³-hybridized carbons (Fsp3) is 0.250. The molecule has 0 aliphatic rings. The van der Waals surface area contributed by atoms with Crippen LogP contribution in [0.25, 0.3) is 5.65 Å². The Balaban J connectivity index is 1.53. The Morgan fingerprint density at radius 3 is 2.68 bits per heavy atom. The number of benzene rings is 1. The minimum Gasteiger partial charge on any atom is -0.358 e. The van der Waals surface area contributed by atoms with E-state index in [0.717, 1.165) is 35.6 Å². The number of carbonyl (C=O) groups excluding carboxylic acids is 1. The van der Waals surface area contributed by atoms with Crippen LogP contribution in [0.2, 0.25) is 0 Å². The summed E-state index contributed by atoms with van der Waals surface area (Å²) in [5.74, 6) is 0.697. The Morgan fingerprint density at radius 1 is 1.06 bits per heavy atom. The molecule has 0 saturated carbocycles. The number of hydrogen-bond donors (Lipinski definition) is 1. The predicted octanol–water partition coefficient (Wildman–Crippen LogP) is 3.79. The smallest absolute Gasteiger partial charge is 0.240 e. The van der Waals surface area contributed by atoms with Gasteiger partial charge < -0.3 is 10.2 Å². The molecule has 4 aromatic rings. The van der Waals surface area contributed by atoms with E-state index in [1.54, 1.807) is 6.20 Å². The largest absolute Gasteiger partial charge is 0.358 e. The van der Waals surface area contributed by atoms with Gasteiger partial charge in [0.2, 0.25) is 5.91 Å². The second-order valence-electron chi connectivity index (χ2n) is 7.45. The summed E-state index contributed by atoms with van der Waals surface area (Å²) < 4.78 is 1.94. The maximum atomic E-state index is 13.1. The third-order valence-corrected chi connectivity index (χ3v) is 5.12. The van der Waals surface area contributed by atoms with Crippen molar-refractivity contribution in [2.45, 2.75) is 32.4 Å². The number of hydrogen-bond acceptors (Lipinski definition) is 5. The maximum Gasteiger partial charge on any atom is 0.240 e. The molecule has 1 atom stereocenters. The van der Waals surface area contributed by atoms with Gasteiger partial charge in [-0.15, -0.1) is 10.2 Å². The molecule has 0 bridgehead atoms. The lowest BCUT2D eigenvalue weighted by Crippen LogP contribution is -2.39. The van der Waals surface area contributed by atoms with Crippen LogP contribution in [0.1, 0.15) is 37.2 Å². The Morgan fingerprint density at radius 2 is 1.90 bits per heavy atom. The highest BCUT2D eigenvalue weighted by molar-refractivity contribution is 5.81. The number of carbonyl (C=O) groups is 1. The molecule has 31 heavy (non-hydrogen) atoms. The summed E-state index contributed by atoms with van der Waals surface area (Å²) in [5, 5.41) is 11.8. The van der Waals surface area contributed by atoms with E-state index in [1.807, 2.05) is 77.5 Å². The lowest BCUT2D eigenvalue weighted by atomic mass is 10.1. The molecule has 158 valence electrons. The van der Waals surface area contributed by atoms with Crippen molar-refractivity contribution in [1.82, 2.24) is 24.9 Å². The predicted molar refractivity (Wildman–Crippen MR) is 121 cm³/mol. The van der Waals surface area contributed by atoms with E-state index in [2.05, 4.69) is 32.3 Å². The molecule has 3 heterocycles. The molecule has 0 radical (unpaired) electrons. The summed E-state index contributed by atoms with van der Waals surface area (Å²) in [6.45, 7) is 2.93. The van der Waals surface area contributed by atoms with Gasteiger partial charge in [0.15, 0.2) is 11.5 Å². The summed E-state index contributed by atoms with van der Waals surface area (Å²) in [7, 11) is 0. The molecule has 7 heteroatoms. The highest BCUT2D eigenvalue weighted by atomic mass is 16.2. The van der Waals surface area contributed by atoms with Crippen molar-refractivity contribution in [2.75, 3.05) is 11.4 Å². The number of rotatable bonds is 9. The summed E-state index contributed by atoms with van der Waals surface area (Å²) in [6, 6.07) is 19.5. The number of pyridine rings is 2. The van der Waals surface area contributed by atoms with E-state index in [9.17, 15) is 4.79 Å². The number of nitrogens with zero attached hydrogens (tertiary/aromatic N) is 5. The first-order valence-electron chi connectivity index (χ1n) is 10.5. The van der Waals surface area contributed by atoms with Crippen LogP contribution in [0.3, 0.4) is 0 Å². The van der Waals surface area contributed by atoms with Gasteiger partial charge in [0, 0.05) is 30.8 Å². The minimum absolute atomic E-state index is 0.0566. The molecule has 1 unspecified atom stereocenters. The number of amides is 1. The van der Waals surface area contributed by atoms with Gasteiger partial charge in [0.05, 0.1) is 12.6 Å². The van der Waals surface area contributed by atoms with Crippen molar-refractivity contribution in [3.8, 4) is 0 Å². The molecule has 1 aromatic carbocycles. The molecule has 0 aliphatic carbocycles. The fourth-order valence-electron chi connectivity index (χ4n) is 3.65. The third kappa shape index (κ3) is 5.06. The normalized spacial score (nSPS) is 11.9. The Hall–Kier alpha value is -3.74. The third-order valence-electron chi connectivity index (χ3n) is 5.12. The number of nitrogens with one attached hydrogen (secondary N) is 1. The first-order chi connectivity index (χ1) is 15.2. The zero-order valence-corrected chi connectivity index (χ0v) is 17.6. The molecular formula is C24H26N6O.